The second kappa shape index (κ2) is 4.63. The second-order valence-corrected chi connectivity index (χ2v) is 5.23. The molecule has 2 nitrogen and oxygen atoms in total. The van der Waals surface area contributed by atoms with Gasteiger partial charge in [-0.1, -0.05) is 23.2 Å². The van der Waals surface area contributed by atoms with Crippen LogP contribution < -0.4 is 0 Å². The fourth-order valence-electron chi connectivity index (χ4n) is 1.95. The lowest BCUT2D eigenvalue weighted by Gasteiger charge is -2.05. The number of hydrogen-bond acceptors (Lipinski definition) is 1. The number of nitrogens with one attached hydrogen (secondary N) is 1. The zero-order valence-corrected chi connectivity index (χ0v) is 11.8. The van der Waals surface area contributed by atoms with Gasteiger partial charge in [0, 0.05) is 5.69 Å². The quantitative estimate of drug-likeness (QED) is 0.617. The van der Waals surface area contributed by atoms with E-state index in [9.17, 15) is 4.39 Å². The average molecular weight is 313 g/mol. The first-order chi connectivity index (χ1) is 9.06. The van der Waals surface area contributed by atoms with Crippen LogP contribution in [0.25, 0.3) is 16.7 Å². The van der Waals surface area contributed by atoms with Crippen LogP contribution in [0.4, 0.5) is 4.39 Å². The van der Waals surface area contributed by atoms with Gasteiger partial charge >= 0.3 is 0 Å². The molecule has 0 aliphatic heterocycles. The first-order valence-corrected chi connectivity index (χ1v) is 6.58. The number of H-pyrrole nitrogens is 1. The highest BCUT2D eigenvalue weighted by Crippen LogP contribution is 2.29. The fraction of sp³-hybridized carbons (Fsp3) is 0. The summed E-state index contributed by atoms with van der Waals surface area (Å²) in [6.45, 7) is 0. The zero-order valence-electron chi connectivity index (χ0n) is 9.45. The number of nitrogens with zero attached hydrogens (tertiary/aromatic N) is 1. The molecule has 2 aromatic carbocycles. The number of aromatic amines is 1. The van der Waals surface area contributed by atoms with Crippen molar-refractivity contribution >= 4 is 46.5 Å². The van der Waals surface area contributed by atoms with Gasteiger partial charge in [-0.05, 0) is 48.6 Å². The lowest BCUT2D eigenvalue weighted by molar-refractivity contribution is 0.627. The molecule has 0 atom stereocenters. The third kappa shape index (κ3) is 2.16. The standard InChI is InChI=1S/C13H7Cl2FN2S/c14-9-5-11-12(6-10(9)15)18(13(19)17-11)8-3-1-7(16)2-4-8/h1-6H,(H,17,19). The van der Waals surface area contributed by atoms with E-state index in [4.69, 9.17) is 35.4 Å². The highest BCUT2D eigenvalue weighted by molar-refractivity contribution is 7.71. The van der Waals surface area contributed by atoms with Crippen molar-refractivity contribution < 1.29 is 4.39 Å². The summed E-state index contributed by atoms with van der Waals surface area (Å²) in [5.74, 6) is -0.295. The van der Waals surface area contributed by atoms with Gasteiger partial charge in [-0.3, -0.25) is 4.57 Å². The van der Waals surface area contributed by atoms with Crippen molar-refractivity contribution in [3.05, 3.63) is 57.0 Å². The van der Waals surface area contributed by atoms with Gasteiger partial charge in [0.2, 0.25) is 0 Å². The molecule has 0 fully saturated rings. The van der Waals surface area contributed by atoms with Crippen molar-refractivity contribution in [2.75, 3.05) is 0 Å². The van der Waals surface area contributed by atoms with Crippen LogP contribution in [-0.4, -0.2) is 9.55 Å². The topological polar surface area (TPSA) is 20.7 Å². The molecule has 0 saturated carbocycles. The molecule has 0 aliphatic rings. The summed E-state index contributed by atoms with van der Waals surface area (Å²) in [7, 11) is 0. The number of aromatic nitrogens is 2. The molecule has 0 aliphatic carbocycles. The van der Waals surface area contributed by atoms with Crippen LogP contribution in [0.2, 0.25) is 10.0 Å². The summed E-state index contributed by atoms with van der Waals surface area (Å²) in [4.78, 5) is 3.05. The predicted molar refractivity (Wildman–Crippen MR) is 78.4 cm³/mol. The van der Waals surface area contributed by atoms with Crippen LogP contribution in [-0.2, 0) is 0 Å². The maximum absolute atomic E-state index is 13.0. The van der Waals surface area contributed by atoms with Crippen molar-refractivity contribution in [1.82, 2.24) is 9.55 Å². The molecule has 1 aromatic heterocycles. The normalized spacial score (nSPS) is 11.1. The Labute approximate surface area is 123 Å². The van der Waals surface area contributed by atoms with E-state index in [1.165, 1.54) is 12.1 Å². The predicted octanol–water partition coefficient (Wildman–Crippen LogP) is 5.13. The number of halogens is 3. The van der Waals surface area contributed by atoms with Crippen molar-refractivity contribution in [1.29, 1.82) is 0 Å². The Morgan fingerprint density at radius 1 is 1.05 bits per heavy atom. The SMILES string of the molecule is Fc1ccc(-n2c(=S)[nH]c3cc(Cl)c(Cl)cc32)cc1. The largest absolute Gasteiger partial charge is 0.330 e. The molecule has 6 heteroatoms. The molecule has 0 spiro atoms. The van der Waals surface area contributed by atoms with Crippen molar-refractivity contribution in [3.8, 4) is 5.69 Å². The Bertz CT molecular complexity index is 821. The molecular weight excluding hydrogens is 306 g/mol. The summed E-state index contributed by atoms with van der Waals surface area (Å²) in [5.41, 5.74) is 2.34. The lowest BCUT2D eigenvalue weighted by atomic mass is 10.2. The maximum atomic E-state index is 13.0. The van der Waals surface area contributed by atoms with Crippen molar-refractivity contribution in [2.24, 2.45) is 0 Å². The smallest absolute Gasteiger partial charge is 0.182 e. The molecule has 1 heterocycles. The molecule has 1 N–H and O–H groups in total. The molecule has 19 heavy (non-hydrogen) atoms. The first-order valence-electron chi connectivity index (χ1n) is 5.42. The van der Waals surface area contributed by atoms with E-state index in [1.807, 2.05) is 0 Å². The number of fused-ring (bicyclic) bond motifs is 1. The lowest BCUT2D eigenvalue weighted by Crippen LogP contribution is -1.93. The molecule has 3 rings (SSSR count). The summed E-state index contributed by atoms with van der Waals surface area (Å²) in [5, 5.41) is 0.899. The Hall–Kier alpha value is -1.36. The summed E-state index contributed by atoms with van der Waals surface area (Å²) < 4.78 is 15.3. The van der Waals surface area contributed by atoms with Crippen molar-refractivity contribution in [3.63, 3.8) is 0 Å². The van der Waals surface area contributed by atoms with Gasteiger partial charge in [0.15, 0.2) is 4.77 Å². The van der Waals surface area contributed by atoms with Gasteiger partial charge in [-0.25, -0.2) is 4.39 Å². The maximum Gasteiger partial charge on any atom is 0.182 e. The minimum Gasteiger partial charge on any atom is -0.330 e. The highest BCUT2D eigenvalue weighted by atomic mass is 35.5. The Morgan fingerprint density at radius 3 is 2.37 bits per heavy atom. The van der Waals surface area contributed by atoms with Crippen LogP contribution in [0.5, 0.6) is 0 Å². The number of imidazole rings is 1. The monoisotopic (exact) mass is 312 g/mol. The highest BCUT2D eigenvalue weighted by Gasteiger charge is 2.09. The van der Waals surface area contributed by atoms with Gasteiger partial charge in [-0.15, -0.1) is 0 Å². The minimum absolute atomic E-state index is 0.295. The van der Waals surface area contributed by atoms with Gasteiger partial charge < -0.3 is 4.98 Å². The van der Waals surface area contributed by atoms with E-state index in [0.717, 1.165) is 16.7 Å². The molecule has 3 aromatic rings. The third-order valence-electron chi connectivity index (χ3n) is 2.81. The zero-order chi connectivity index (χ0) is 13.6. The van der Waals surface area contributed by atoms with Crippen LogP contribution >= 0.6 is 35.4 Å². The van der Waals surface area contributed by atoms with Gasteiger partial charge in [0.05, 0.1) is 21.1 Å². The molecule has 96 valence electrons. The second-order valence-electron chi connectivity index (χ2n) is 4.03. The van der Waals surface area contributed by atoms with E-state index in [1.54, 1.807) is 28.8 Å². The van der Waals surface area contributed by atoms with Crippen LogP contribution in [0.1, 0.15) is 0 Å². The molecule has 0 bridgehead atoms. The molecular formula is C13H7Cl2FN2S. The molecule has 0 saturated heterocycles. The third-order valence-corrected chi connectivity index (χ3v) is 3.82. The van der Waals surface area contributed by atoms with E-state index < -0.39 is 0 Å². The molecule has 0 amide bonds. The first kappa shape index (κ1) is 12.7. The summed E-state index contributed by atoms with van der Waals surface area (Å²) in [6.07, 6.45) is 0. The van der Waals surface area contributed by atoms with Crippen LogP contribution in [0.15, 0.2) is 36.4 Å². The fourth-order valence-corrected chi connectivity index (χ4v) is 2.58. The summed E-state index contributed by atoms with van der Waals surface area (Å²) >= 11 is 17.3. The number of rotatable bonds is 1. The van der Waals surface area contributed by atoms with Crippen LogP contribution in [0.3, 0.4) is 0 Å². The van der Waals surface area contributed by atoms with Gasteiger partial charge in [-0.2, -0.15) is 0 Å². The number of benzene rings is 2. The molecule has 0 radical (unpaired) electrons. The Morgan fingerprint density at radius 2 is 1.68 bits per heavy atom. The van der Waals surface area contributed by atoms with E-state index >= 15 is 0 Å². The Balaban J connectivity index is 2.34. The van der Waals surface area contributed by atoms with Crippen LogP contribution in [0, 0.1) is 10.6 Å². The van der Waals surface area contributed by atoms with E-state index in [-0.39, 0.29) is 5.82 Å². The molecule has 0 unspecified atom stereocenters. The minimum atomic E-state index is -0.295. The van der Waals surface area contributed by atoms with Gasteiger partial charge in [0.1, 0.15) is 5.82 Å². The van der Waals surface area contributed by atoms with Crippen molar-refractivity contribution in [2.45, 2.75) is 0 Å². The van der Waals surface area contributed by atoms with Gasteiger partial charge in [0.25, 0.3) is 0 Å². The summed E-state index contributed by atoms with van der Waals surface area (Å²) in [6, 6.07) is 9.52. The van der Waals surface area contributed by atoms with E-state index in [2.05, 4.69) is 4.98 Å². The van der Waals surface area contributed by atoms with E-state index in [0.29, 0.717) is 14.8 Å². The number of hydrogen-bond donors (Lipinski definition) is 1. The average Bonchev–Trinajstić information content (AvgIpc) is 2.67. The Kier molecular flexibility index (Phi) is 3.09.